The van der Waals surface area contributed by atoms with Crippen LogP contribution in [-0.4, -0.2) is 88.9 Å². The minimum atomic E-state index is -0.186. The molecule has 8 rings (SSSR count). The molecule has 5 heterocycles. The molecule has 0 bridgehead atoms. The number of likely N-dealkylation sites (tertiary alicyclic amines) is 1. The number of piperidine rings is 1. The van der Waals surface area contributed by atoms with Gasteiger partial charge in [0.15, 0.2) is 0 Å². The summed E-state index contributed by atoms with van der Waals surface area (Å²) in [7, 11) is 3.70. The molecule has 3 fully saturated rings. The number of nitrogens with one attached hydrogen (secondary N) is 1. The topological polar surface area (TPSA) is 96.5 Å². The van der Waals surface area contributed by atoms with Crippen LogP contribution in [0.5, 0.6) is 5.75 Å². The van der Waals surface area contributed by atoms with Crippen molar-refractivity contribution in [3.8, 4) is 28.3 Å². The molecule has 0 radical (unpaired) electrons. The lowest BCUT2D eigenvalue weighted by Crippen LogP contribution is -2.53. The van der Waals surface area contributed by atoms with E-state index in [0.29, 0.717) is 19.1 Å². The normalized spacial score (nSPS) is 25.4. The van der Waals surface area contributed by atoms with Crippen molar-refractivity contribution >= 4 is 16.9 Å². The molecule has 1 saturated carbocycles. The zero-order valence-electron chi connectivity index (χ0n) is 23.5. The number of carbonyl (C=O) groups is 1. The number of rotatable bonds is 5. The molecule has 0 spiro atoms. The molecule has 41 heavy (non-hydrogen) atoms. The number of pyridine rings is 2. The molecule has 4 aromatic rings. The quantitative estimate of drug-likeness (QED) is 0.406. The number of aromatic nitrogens is 4. The first kappa shape index (κ1) is 24.9. The first-order chi connectivity index (χ1) is 20.1. The number of benzene rings is 1. The molecule has 2 aliphatic heterocycles. The molecule has 2 aliphatic carbocycles. The molecule has 1 N–H and O–H groups in total. The number of methoxy groups -OCH3 is 1. The van der Waals surface area contributed by atoms with Gasteiger partial charge in [-0.3, -0.25) is 19.8 Å². The van der Waals surface area contributed by atoms with Crippen molar-refractivity contribution in [3.05, 3.63) is 59.4 Å². The number of ether oxygens (including phenoxy) is 2. The van der Waals surface area contributed by atoms with Gasteiger partial charge in [0.2, 0.25) is 5.91 Å². The van der Waals surface area contributed by atoms with Gasteiger partial charge in [-0.25, -0.2) is 4.98 Å². The minimum absolute atomic E-state index is 0.0393. The summed E-state index contributed by atoms with van der Waals surface area (Å²) in [5.74, 6) is 1.39. The summed E-state index contributed by atoms with van der Waals surface area (Å²) >= 11 is 0. The first-order valence-corrected chi connectivity index (χ1v) is 14.6. The number of hydrogen-bond donors (Lipinski definition) is 1. The van der Waals surface area contributed by atoms with Crippen LogP contribution < -0.4 is 4.74 Å². The van der Waals surface area contributed by atoms with Crippen LogP contribution in [0, 0.1) is 5.92 Å². The Morgan fingerprint density at radius 1 is 1.20 bits per heavy atom. The summed E-state index contributed by atoms with van der Waals surface area (Å²) in [4.78, 5) is 27.5. The maximum Gasteiger partial charge on any atom is 0.242 e. The van der Waals surface area contributed by atoms with Crippen molar-refractivity contribution in [2.24, 2.45) is 5.92 Å². The Morgan fingerprint density at radius 2 is 2.12 bits per heavy atom. The predicted molar refractivity (Wildman–Crippen MR) is 155 cm³/mol. The lowest BCUT2D eigenvalue weighted by Gasteiger charge is -2.34. The molecule has 9 heteroatoms. The van der Waals surface area contributed by atoms with E-state index in [1.165, 1.54) is 17.5 Å². The molecule has 1 aromatic carbocycles. The number of aromatic amines is 1. The Morgan fingerprint density at radius 3 is 2.95 bits per heavy atom. The van der Waals surface area contributed by atoms with Gasteiger partial charge in [0.05, 0.1) is 25.8 Å². The molecule has 3 aromatic heterocycles. The zero-order valence-corrected chi connectivity index (χ0v) is 23.5. The van der Waals surface area contributed by atoms with Gasteiger partial charge in [-0.2, -0.15) is 5.10 Å². The maximum atomic E-state index is 13.3. The Bertz CT molecular complexity index is 1670. The lowest BCUT2D eigenvalue weighted by molar-refractivity contribution is -0.141. The standard InChI is InChI=1S/C32H34N6O3/c1-37-11-12-41-17-25(37)31(39)38-16-21-14-32(21,18-38)27-10-9-20(15-33-27)28-30-24(35-36-28)13-26(40-2)29(34-30)23-8-4-6-19-5-3-7-22(19)23/h4,6,8-10,13,15,21,25H,3,5,7,11-12,14,16-18H2,1-2H3,(H,35,36). The van der Waals surface area contributed by atoms with Gasteiger partial charge in [-0.15, -0.1) is 0 Å². The Labute approximate surface area is 238 Å². The van der Waals surface area contributed by atoms with Crippen molar-refractivity contribution in [1.82, 2.24) is 30.0 Å². The van der Waals surface area contributed by atoms with Gasteiger partial charge >= 0.3 is 0 Å². The van der Waals surface area contributed by atoms with Gasteiger partial charge in [0.25, 0.3) is 0 Å². The minimum Gasteiger partial charge on any atom is -0.494 e. The summed E-state index contributed by atoms with van der Waals surface area (Å²) < 4.78 is 11.4. The van der Waals surface area contributed by atoms with E-state index in [1.807, 2.05) is 24.2 Å². The highest BCUT2D eigenvalue weighted by Crippen LogP contribution is 2.58. The van der Waals surface area contributed by atoms with Crippen LogP contribution in [0.3, 0.4) is 0 Å². The summed E-state index contributed by atoms with van der Waals surface area (Å²) in [5.41, 5.74) is 9.14. The number of fused-ring (bicyclic) bond motifs is 3. The molecular weight excluding hydrogens is 516 g/mol. The fourth-order valence-electron chi connectivity index (χ4n) is 7.35. The van der Waals surface area contributed by atoms with Crippen LogP contribution in [0.2, 0.25) is 0 Å². The summed E-state index contributed by atoms with van der Waals surface area (Å²) in [6.45, 7) is 3.48. The number of carbonyl (C=O) groups excluding carboxylic acids is 1. The van der Waals surface area contributed by atoms with E-state index in [0.717, 1.165) is 83.9 Å². The van der Waals surface area contributed by atoms with E-state index in [9.17, 15) is 4.79 Å². The van der Waals surface area contributed by atoms with Crippen molar-refractivity contribution in [2.75, 3.05) is 47.0 Å². The molecular formula is C32H34N6O3. The van der Waals surface area contributed by atoms with E-state index in [-0.39, 0.29) is 17.4 Å². The van der Waals surface area contributed by atoms with Gasteiger partial charge in [0, 0.05) is 54.1 Å². The van der Waals surface area contributed by atoms with Gasteiger partial charge in [0.1, 0.15) is 28.7 Å². The maximum absolute atomic E-state index is 13.3. The molecule has 3 atom stereocenters. The number of aryl methyl sites for hydroxylation is 1. The third kappa shape index (κ3) is 3.89. The smallest absolute Gasteiger partial charge is 0.242 e. The largest absolute Gasteiger partial charge is 0.494 e. The highest BCUT2D eigenvalue weighted by atomic mass is 16.5. The van der Waals surface area contributed by atoms with Crippen LogP contribution in [-0.2, 0) is 27.8 Å². The Balaban J connectivity index is 1.08. The number of morpholine rings is 1. The third-order valence-corrected chi connectivity index (χ3v) is 9.81. The predicted octanol–water partition coefficient (Wildman–Crippen LogP) is 3.61. The van der Waals surface area contributed by atoms with Crippen molar-refractivity contribution in [1.29, 1.82) is 0 Å². The molecule has 2 saturated heterocycles. The zero-order chi connectivity index (χ0) is 27.7. The van der Waals surface area contributed by atoms with Crippen LogP contribution in [0.15, 0.2) is 42.6 Å². The Kier molecular flexibility index (Phi) is 5.69. The highest BCUT2D eigenvalue weighted by molar-refractivity contribution is 5.93. The van der Waals surface area contributed by atoms with Crippen LogP contribution in [0.1, 0.15) is 29.7 Å². The molecule has 210 valence electrons. The molecule has 9 nitrogen and oxygen atoms in total. The van der Waals surface area contributed by atoms with E-state index < -0.39 is 0 Å². The summed E-state index contributed by atoms with van der Waals surface area (Å²) in [6, 6.07) is 12.5. The monoisotopic (exact) mass is 550 g/mol. The van der Waals surface area contributed by atoms with Crippen molar-refractivity contribution in [2.45, 2.75) is 37.1 Å². The number of nitrogens with zero attached hydrogens (tertiary/aromatic N) is 5. The molecule has 1 amide bonds. The van der Waals surface area contributed by atoms with Crippen LogP contribution in [0.4, 0.5) is 0 Å². The number of amides is 1. The Hall–Kier alpha value is -3.82. The van der Waals surface area contributed by atoms with Crippen LogP contribution in [0.25, 0.3) is 33.5 Å². The summed E-state index contributed by atoms with van der Waals surface area (Å²) in [5, 5.41) is 7.80. The molecule has 4 aliphatic rings. The van der Waals surface area contributed by atoms with E-state index in [1.54, 1.807) is 7.11 Å². The number of likely N-dealkylation sites (N-methyl/N-ethyl adjacent to an activating group) is 1. The van der Waals surface area contributed by atoms with Gasteiger partial charge in [-0.1, -0.05) is 18.2 Å². The SMILES string of the molecule is COc1cc2[nH]nc(-c3ccc(C45CC4CN(C(=O)C4COCCN4C)C5)nc3)c2nc1-c1cccc2c1CCC2. The fourth-order valence-corrected chi connectivity index (χ4v) is 7.35. The number of hydrogen-bond acceptors (Lipinski definition) is 7. The van der Waals surface area contributed by atoms with E-state index >= 15 is 0 Å². The first-order valence-electron chi connectivity index (χ1n) is 14.6. The number of H-pyrrole nitrogens is 1. The van der Waals surface area contributed by atoms with Crippen molar-refractivity contribution < 1.29 is 14.3 Å². The fraction of sp³-hybridized carbons (Fsp3) is 0.438. The summed E-state index contributed by atoms with van der Waals surface area (Å²) in [6.07, 6.45) is 6.34. The van der Waals surface area contributed by atoms with Gasteiger partial charge < -0.3 is 14.4 Å². The lowest BCUT2D eigenvalue weighted by atomic mass is 9.99. The second-order valence-electron chi connectivity index (χ2n) is 12.1. The van der Waals surface area contributed by atoms with Gasteiger partial charge in [-0.05, 0) is 61.9 Å². The average molecular weight is 551 g/mol. The van der Waals surface area contributed by atoms with E-state index in [4.69, 9.17) is 19.4 Å². The second kappa shape index (κ2) is 9.36. The highest BCUT2D eigenvalue weighted by Gasteiger charge is 2.63. The average Bonchev–Trinajstić information content (AvgIpc) is 3.39. The third-order valence-electron chi connectivity index (χ3n) is 9.81. The second-order valence-corrected chi connectivity index (χ2v) is 12.1. The van der Waals surface area contributed by atoms with E-state index in [2.05, 4.69) is 45.4 Å². The van der Waals surface area contributed by atoms with Crippen LogP contribution >= 0.6 is 0 Å². The molecule has 3 unspecified atom stereocenters. The van der Waals surface area contributed by atoms with Crippen molar-refractivity contribution in [3.63, 3.8) is 0 Å².